The molecule has 158 valence electrons. The first-order valence-corrected chi connectivity index (χ1v) is 10.4. The molecule has 1 fully saturated rings. The van der Waals surface area contributed by atoms with E-state index >= 15 is 0 Å². The number of anilines is 1. The van der Waals surface area contributed by atoms with Gasteiger partial charge in [-0.25, -0.2) is 0 Å². The normalized spacial score (nSPS) is 14.5. The van der Waals surface area contributed by atoms with Crippen LogP contribution in [0, 0.1) is 11.3 Å². The van der Waals surface area contributed by atoms with Gasteiger partial charge in [0.15, 0.2) is 5.82 Å². The van der Waals surface area contributed by atoms with Gasteiger partial charge in [0.25, 0.3) is 0 Å². The summed E-state index contributed by atoms with van der Waals surface area (Å²) in [4.78, 5) is 2.14. The second kappa shape index (κ2) is 9.45. The molecule has 1 saturated heterocycles. The number of rotatable bonds is 6. The second-order valence-electron chi connectivity index (χ2n) is 7.47. The van der Waals surface area contributed by atoms with Gasteiger partial charge in [-0.3, -0.25) is 4.57 Å². The highest BCUT2D eigenvalue weighted by molar-refractivity contribution is 5.89. The lowest BCUT2D eigenvalue weighted by Crippen LogP contribution is -2.38. The van der Waals surface area contributed by atoms with Crippen LogP contribution in [0.2, 0.25) is 0 Å². The molecule has 1 aliphatic rings. The van der Waals surface area contributed by atoms with E-state index in [0.717, 1.165) is 30.1 Å². The summed E-state index contributed by atoms with van der Waals surface area (Å²) < 4.78 is 13.3. The number of nitrogens with zero attached hydrogens (tertiary/aromatic N) is 5. The lowest BCUT2D eigenvalue weighted by molar-refractivity contribution is 0.122. The number of allylic oxidation sites excluding steroid dienone is 1. The Kier molecular flexibility index (Phi) is 6.29. The van der Waals surface area contributed by atoms with Gasteiger partial charge in [-0.2, -0.15) is 5.26 Å². The number of para-hydroxylation sites is 2. The van der Waals surface area contributed by atoms with Gasteiger partial charge in [0.2, 0.25) is 5.95 Å². The summed E-state index contributed by atoms with van der Waals surface area (Å²) in [6, 6.07) is 19.9. The Morgan fingerprint density at radius 1 is 1.06 bits per heavy atom. The number of aromatic nitrogens is 3. The number of benzene rings is 2. The largest absolute Gasteiger partial charge is 0.490 e. The Hall–Kier alpha value is -3.63. The summed E-state index contributed by atoms with van der Waals surface area (Å²) in [5.74, 6) is 1.93. The number of ether oxygens (including phenoxy) is 2. The van der Waals surface area contributed by atoms with Gasteiger partial charge in [0.05, 0.1) is 30.6 Å². The van der Waals surface area contributed by atoms with Gasteiger partial charge in [-0.1, -0.05) is 36.4 Å². The van der Waals surface area contributed by atoms with Crippen molar-refractivity contribution in [2.45, 2.75) is 20.0 Å². The highest BCUT2D eigenvalue weighted by atomic mass is 16.5. The third kappa shape index (κ3) is 4.60. The zero-order valence-electron chi connectivity index (χ0n) is 17.7. The SMILES string of the molecule is CC(C)Oc1ccccc1/C=C(\C#N)c1nnc(N2CCOCC2)n1-c1ccccc1. The van der Waals surface area contributed by atoms with E-state index in [-0.39, 0.29) is 6.10 Å². The smallest absolute Gasteiger partial charge is 0.232 e. The molecular weight excluding hydrogens is 390 g/mol. The van der Waals surface area contributed by atoms with Crippen molar-refractivity contribution in [3.63, 3.8) is 0 Å². The van der Waals surface area contributed by atoms with Crippen molar-refractivity contribution < 1.29 is 9.47 Å². The molecule has 0 spiro atoms. The highest BCUT2D eigenvalue weighted by Crippen LogP contribution is 2.29. The average molecular weight is 415 g/mol. The summed E-state index contributed by atoms with van der Waals surface area (Å²) in [6.45, 7) is 6.68. The van der Waals surface area contributed by atoms with E-state index in [4.69, 9.17) is 9.47 Å². The first-order chi connectivity index (χ1) is 15.2. The molecule has 0 unspecified atom stereocenters. The summed E-state index contributed by atoms with van der Waals surface area (Å²) in [7, 11) is 0. The fraction of sp³-hybridized carbons (Fsp3) is 0.292. The van der Waals surface area contributed by atoms with Gasteiger partial charge in [0, 0.05) is 18.7 Å². The van der Waals surface area contributed by atoms with Crippen molar-refractivity contribution in [1.82, 2.24) is 14.8 Å². The highest BCUT2D eigenvalue weighted by Gasteiger charge is 2.23. The molecule has 1 aromatic heterocycles. The Bertz CT molecular complexity index is 1090. The lowest BCUT2D eigenvalue weighted by Gasteiger charge is -2.28. The third-order valence-electron chi connectivity index (χ3n) is 4.90. The Balaban J connectivity index is 1.82. The molecule has 31 heavy (non-hydrogen) atoms. The Morgan fingerprint density at radius 2 is 1.77 bits per heavy atom. The van der Waals surface area contributed by atoms with Crippen LogP contribution in [0.4, 0.5) is 5.95 Å². The van der Waals surface area contributed by atoms with Crippen LogP contribution >= 0.6 is 0 Å². The quantitative estimate of drug-likeness (QED) is 0.568. The molecule has 0 radical (unpaired) electrons. The minimum Gasteiger partial charge on any atom is -0.490 e. The second-order valence-corrected chi connectivity index (χ2v) is 7.47. The van der Waals surface area contributed by atoms with Crippen molar-refractivity contribution in [3.8, 4) is 17.5 Å². The molecule has 7 heteroatoms. The van der Waals surface area contributed by atoms with Crippen LogP contribution in [0.5, 0.6) is 5.75 Å². The average Bonchev–Trinajstić information content (AvgIpc) is 3.24. The van der Waals surface area contributed by atoms with Crippen molar-refractivity contribution in [2.75, 3.05) is 31.2 Å². The summed E-state index contributed by atoms with van der Waals surface area (Å²) in [6.07, 6.45) is 1.84. The Labute approximate surface area is 182 Å². The van der Waals surface area contributed by atoms with Gasteiger partial charge in [0.1, 0.15) is 11.8 Å². The molecule has 7 nitrogen and oxygen atoms in total. The predicted octanol–water partition coefficient (Wildman–Crippen LogP) is 3.96. The van der Waals surface area contributed by atoms with Crippen molar-refractivity contribution in [1.29, 1.82) is 5.26 Å². The van der Waals surface area contributed by atoms with Crippen molar-refractivity contribution in [2.24, 2.45) is 0 Å². The number of hydrogen-bond donors (Lipinski definition) is 0. The van der Waals surface area contributed by atoms with Gasteiger partial charge < -0.3 is 14.4 Å². The summed E-state index contributed by atoms with van der Waals surface area (Å²) >= 11 is 0. The summed E-state index contributed by atoms with van der Waals surface area (Å²) in [5, 5.41) is 18.9. The van der Waals surface area contributed by atoms with E-state index in [9.17, 15) is 5.26 Å². The molecule has 2 heterocycles. The van der Waals surface area contributed by atoms with Crippen LogP contribution in [0.15, 0.2) is 54.6 Å². The van der Waals surface area contributed by atoms with E-state index < -0.39 is 0 Å². The maximum atomic E-state index is 10.0. The van der Waals surface area contributed by atoms with E-state index in [0.29, 0.717) is 30.6 Å². The zero-order valence-corrected chi connectivity index (χ0v) is 17.7. The molecular formula is C24H25N5O2. The van der Waals surface area contributed by atoms with Crippen LogP contribution in [0.25, 0.3) is 17.3 Å². The topological polar surface area (TPSA) is 76.2 Å². The minimum atomic E-state index is 0.0287. The standard InChI is InChI=1S/C24H25N5O2/c1-18(2)31-22-11-7-6-8-19(22)16-20(17-25)23-26-27-24(28-12-14-30-15-13-28)29(23)21-9-4-3-5-10-21/h3-11,16,18H,12-15H2,1-2H3/b20-16+. The maximum absolute atomic E-state index is 10.0. The first-order valence-electron chi connectivity index (χ1n) is 10.4. The van der Waals surface area contributed by atoms with Crippen LogP contribution in [0.1, 0.15) is 25.2 Å². The number of hydrogen-bond acceptors (Lipinski definition) is 6. The molecule has 0 atom stereocenters. The van der Waals surface area contributed by atoms with Crippen molar-refractivity contribution >= 4 is 17.6 Å². The van der Waals surface area contributed by atoms with Crippen LogP contribution in [-0.2, 0) is 4.74 Å². The fourth-order valence-corrected chi connectivity index (χ4v) is 3.50. The molecule has 0 bridgehead atoms. The monoisotopic (exact) mass is 415 g/mol. The van der Waals surface area contributed by atoms with Crippen LogP contribution in [-0.4, -0.2) is 47.2 Å². The van der Waals surface area contributed by atoms with Gasteiger partial charge in [-0.15, -0.1) is 10.2 Å². The summed E-state index contributed by atoms with van der Waals surface area (Å²) in [5.41, 5.74) is 2.14. The molecule has 0 saturated carbocycles. The molecule has 2 aromatic carbocycles. The minimum absolute atomic E-state index is 0.0287. The predicted molar refractivity (Wildman–Crippen MR) is 120 cm³/mol. The van der Waals surface area contributed by atoms with Gasteiger partial charge in [-0.05, 0) is 38.1 Å². The Morgan fingerprint density at radius 3 is 2.48 bits per heavy atom. The van der Waals surface area contributed by atoms with E-state index in [1.165, 1.54) is 0 Å². The van der Waals surface area contributed by atoms with Crippen LogP contribution < -0.4 is 9.64 Å². The molecule has 0 aliphatic carbocycles. The molecule has 3 aromatic rings. The molecule has 1 aliphatic heterocycles. The van der Waals surface area contributed by atoms with Crippen molar-refractivity contribution in [3.05, 3.63) is 66.0 Å². The number of nitriles is 1. The molecule has 0 amide bonds. The van der Waals surface area contributed by atoms with Crippen LogP contribution in [0.3, 0.4) is 0 Å². The van der Waals surface area contributed by atoms with E-state index in [1.54, 1.807) is 0 Å². The first kappa shape index (κ1) is 20.6. The lowest BCUT2D eigenvalue weighted by atomic mass is 10.1. The fourth-order valence-electron chi connectivity index (χ4n) is 3.50. The molecule has 4 rings (SSSR count). The third-order valence-corrected chi connectivity index (χ3v) is 4.90. The van der Waals surface area contributed by atoms with Gasteiger partial charge >= 0.3 is 0 Å². The zero-order chi connectivity index (χ0) is 21.6. The molecule has 0 N–H and O–H groups in total. The maximum Gasteiger partial charge on any atom is 0.232 e. The van der Waals surface area contributed by atoms with E-state index in [2.05, 4.69) is 21.2 Å². The number of morpholine rings is 1. The van der Waals surface area contributed by atoms with E-state index in [1.807, 2.05) is 79.1 Å².